The van der Waals surface area contributed by atoms with Crippen LogP contribution >= 0.6 is 0 Å². The molecule has 22 heavy (non-hydrogen) atoms. The summed E-state index contributed by atoms with van der Waals surface area (Å²) in [7, 11) is 0. The molecule has 3 nitrogen and oxygen atoms in total. The van der Waals surface area contributed by atoms with Crippen molar-refractivity contribution >= 4 is 0 Å². The predicted molar refractivity (Wildman–Crippen MR) is 84.1 cm³/mol. The fourth-order valence-corrected chi connectivity index (χ4v) is 3.43. The van der Waals surface area contributed by atoms with Gasteiger partial charge in [0, 0.05) is 12.6 Å². The lowest BCUT2D eigenvalue weighted by Crippen LogP contribution is -2.33. The number of likely N-dealkylation sites (tertiary alicyclic amines) is 1. The van der Waals surface area contributed by atoms with E-state index in [0.29, 0.717) is 12.5 Å². The van der Waals surface area contributed by atoms with Gasteiger partial charge in [0.2, 0.25) is 0 Å². The van der Waals surface area contributed by atoms with Gasteiger partial charge in [-0.3, -0.25) is 4.90 Å². The molecule has 1 fully saturated rings. The monoisotopic (exact) mass is 305 g/mol. The van der Waals surface area contributed by atoms with Crippen LogP contribution in [0.15, 0.2) is 35.9 Å². The molecule has 1 aromatic carbocycles. The Labute approximate surface area is 131 Å². The molecule has 120 valence electrons. The van der Waals surface area contributed by atoms with Crippen molar-refractivity contribution in [1.29, 1.82) is 0 Å². The van der Waals surface area contributed by atoms with E-state index in [1.165, 1.54) is 24.1 Å². The minimum atomic E-state index is -0.525. The minimum Gasteiger partial charge on any atom is -0.388 e. The molecule has 3 rings (SSSR count). The first-order valence-electron chi connectivity index (χ1n) is 8.15. The van der Waals surface area contributed by atoms with Crippen LogP contribution < -0.4 is 0 Å². The van der Waals surface area contributed by atoms with Crippen LogP contribution in [-0.4, -0.2) is 42.4 Å². The highest BCUT2D eigenvalue weighted by atomic mass is 19.1. The molecule has 1 saturated heterocycles. The highest BCUT2D eigenvalue weighted by Crippen LogP contribution is 2.28. The van der Waals surface area contributed by atoms with Gasteiger partial charge in [0.15, 0.2) is 0 Å². The molecule has 1 N–H and O–H groups in total. The van der Waals surface area contributed by atoms with E-state index in [9.17, 15) is 9.50 Å². The molecular weight excluding hydrogens is 281 g/mol. The molecule has 2 atom stereocenters. The lowest BCUT2D eigenvalue weighted by Gasteiger charge is -2.28. The smallest absolute Gasteiger partial charge is 0.123 e. The predicted octanol–water partition coefficient (Wildman–Crippen LogP) is 3.06. The van der Waals surface area contributed by atoms with Gasteiger partial charge < -0.3 is 9.84 Å². The van der Waals surface area contributed by atoms with Gasteiger partial charge in [-0.1, -0.05) is 18.2 Å². The number of nitrogens with zero attached hydrogens (tertiary/aromatic N) is 1. The molecule has 0 radical (unpaired) electrons. The average molecular weight is 305 g/mol. The fraction of sp³-hybridized carbons (Fsp3) is 0.556. The summed E-state index contributed by atoms with van der Waals surface area (Å²) < 4.78 is 18.5. The average Bonchev–Trinajstić information content (AvgIpc) is 2.96. The second-order valence-electron chi connectivity index (χ2n) is 6.27. The highest BCUT2D eigenvalue weighted by molar-refractivity contribution is 5.19. The standard InChI is InChI=1S/C18H24FNO2/c19-16-7-5-15(6-8-16)18(21)11-17-4-1-9-20(17)12-14-3-2-10-22-13-14/h3,5-8,17-18,21H,1-2,4,9-13H2. The molecular formula is C18H24FNO2. The van der Waals surface area contributed by atoms with Gasteiger partial charge >= 0.3 is 0 Å². The molecule has 0 aromatic heterocycles. The van der Waals surface area contributed by atoms with E-state index < -0.39 is 6.10 Å². The summed E-state index contributed by atoms with van der Waals surface area (Å²) in [6.45, 7) is 3.60. The zero-order valence-electron chi connectivity index (χ0n) is 12.9. The van der Waals surface area contributed by atoms with Gasteiger partial charge in [0.1, 0.15) is 5.82 Å². The molecule has 0 bridgehead atoms. The number of benzene rings is 1. The normalized spacial score (nSPS) is 24.3. The SMILES string of the molecule is OC(CC1CCCN1CC1=CCCOC1)c1ccc(F)cc1. The fourth-order valence-electron chi connectivity index (χ4n) is 3.43. The van der Waals surface area contributed by atoms with E-state index in [0.717, 1.165) is 44.7 Å². The zero-order valence-corrected chi connectivity index (χ0v) is 12.9. The van der Waals surface area contributed by atoms with Crippen LogP contribution in [0.25, 0.3) is 0 Å². The Hall–Kier alpha value is -1.23. The Morgan fingerprint density at radius 1 is 1.32 bits per heavy atom. The van der Waals surface area contributed by atoms with Gasteiger partial charge in [-0.05, 0) is 55.5 Å². The maximum absolute atomic E-state index is 13.0. The van der Waals surface area contributed by atoms with Gasteiger partial charge in [-0.2, -0.15) is 0 Å². The van der Waals surface area contributed by atoms with E-state index in [4.69, 9.17) is 4.74 Å². The molecule has 0 aliphatic carbocycles. The summed E-state index contributed by atoms with van der Waals surface area (Å²) >= 11 is 0. The first-order chi connectivity index (χ1) is 10.7. The van der Waals surface area contributed by atoms with E-state index in [1.54, 1.807) is 12.1 Å². The number of aliphatic hydroxyl groups excluding tert-OH is 1. The van der Waals surface area contributed by atoms with Crippen LogP contribution in [0.4, 0.5) is 4.39 Å². The number of hydrogen-bond acceptors (Lipinski definition) is 3. The van der Waals surface area contributed by atoms with Crippen molar-refractivity contribution < 1.29 is 14.2 Å². The van der Waals surface area contributed by atoms with Gasteiger partial charge in [0.05, 0.1) is 19.3 Å². The van der Waals surface area contributed by atoms with Crippen molar-refractivity contribution in [2.45, 2.75) is 37.8 Å². The second-order valence-corrected chi connectivity index (χ2v) is 6.27. The molecule has 0 amide bonds. The summed E-state index contributed by atoms with van der Waals surface area (Å²) in [5.41, 5.74) is 2.16. The van der Waals surface area contributed by atoms with E-state index in [2.05, 4.69) is 11.0 Å². The molecule has 0 saturated carbocycles. The lowest BCUT2D eigenvalue weighted by atomic mass is 10.00. The largest absolute Gasteiger partial charge is 0.388 e. The van der Waals surface area contributed by atoms with E-state index >= 15 is 0 Å². The van der Waals surface area contributed by atoms with Crippen LogP contribution in [0.3, 0.4) is 0 Å². The molecule has 4 heteroatoms. The van der Waals surface area contributed by atoms with Crippen LogP contribution in [0, 0.1) is 5.82 Å². The van der Waals surface area contributed by atoms with Crippen molar-refractivity contribution in [3.05, 3.63) is 47.3 Å². The van der Waals surface area contributed by atoms with Crippen molar-refractivity contribution in [2.75, 3.05) is 26.3 Å². The summed E-state index contributed by atoms with van der Waals surface area (Å²) in [6.07, 6.45) is 5.77. The summed E-state index contributed by atoms with van der Waals surface area (Å²) in [5, 5.41) is 10.4. The van der Waals surface area contributed by atoms with Crippen molar-refractivity contribution in [2.24, 2.45) is 0 Å². The maximum Gasteiger partial charge on any atom is 0.123 e. The number of ether oxygens (including phenoxy) is 1. The summed E-state index contributed by atoms with van der Waals surface area (Å²) in [4.78, 5) is 2.45. The Kier molecular flexibility index (Phi) is 5.24. The Morgan fingerprint density at radius 3 is 2.86 bits per heavy atom. The van der Waals surface area contributed by atoms with Crippen molar-refractivity contribution in [3.8, 4) is 0 Å². The third-order valence-corrected chi connectivity index (χ3v) is 4.64. The van der Waals surface area contributed by atoms with Gasteiger partial charge in [-0.25, -0.2) is 4.39 Å². The number of rotatable bonds is 5. The number of hydrogen-bond donors (Lipinski definition) is 1. The third-order valence-electron chi connectivity index (χ3n) is 4.64. The van der Waals surface area contributed by atoms with Crippen LogP contribution in [0.5, 0.6) is 0 Å². The molecule has 0 spiro atoms. The topological polar surface area (TPSA) is 32.7 Å². The summed E-state index contributed by atoms with van der Waals surface area (Å²) in [6, 6.07) is 6.57. The number of halogens is 1. The van der Waals surface area contributed by atoms with Crippen molar-refractivity contribution in [3.63, 3.8) is 0 Å². The Morgan fingerprint density at radius 2 is 2.14 bits per heavy atom. The quantitative estimate of drug-likeness (QED) is 0.849. The maximum atomic E-state index is 13.0. The van der Waals surface area contributed by atoms with E-state index in [1.807, 2.05) is 0 Å². The Bertz CT molecular complexity index is 514. The molecule has 2 aliphatic rings. The van der Waals surface area contributed by atoms with Crippen LogP contribution in [-0.2, 0) is 4.74 Å². The van der Waals surface area contributed by atoms with Crippen LogP contribution in [0.2, 0.25) is 0 Å². The highest BCUT2D eigenvalue weighted by Gasteiger charge is 2.27. The lowest BCUT2D eigenvalue weighted by molar-refractivity contribution is 0.115. The molecule has 2 heterocycles. The van der Waals surface area contributed by atoms with Gasteiger partial charge in [0.25, 0.3) is 0 Å². The van der Waals surface area contributed by atoms with E-state index in [-0.39, 0.29) is 5.82 Å². The first-order valence-corrected chi connectivity index (χ1v) is 8.15. The minimum absolute atomic E-state index is 0.261. The first kappa shape index (κ1) is 15.7. The molecule has 1 aromatic rings. The second kappa shape index (κ2) is 7.36. The number of aliphatic hydroxyl groups is 1. The Balaban J connectivity index is 1.58. The van der Waals surface area contributed by atoms with Gasteiger partial charge in [-0.15, -0.1) is 0 Å². The van der Waals surface area contributed by atoms with Crippen molar-refractivity contribution in [1.82, 2.24) is 4.90 Å². The third kappa shape index (κ3) is 3.94. The molecule has 2 unspecified atom stereocenters. The van der Waals surface area contributed by atoms with Crippen LogP contribution in [0.1, 0.15) is 37.4 Å². The summed E-state index contributed by atoms with van der Waals surface area (Å²) in [5.74, 6) is -0.261. The molecule has 2 aliphatic heterocycles. The zero-order chi connectivity index (χ0) is 15.4.